The highest BCUT2D eigenvalue weighted by Crippen LogP contribution is 2.24. The number of halogens is 2. The molecule has 18 heavy (non-hydrogen) atoms. The molecule has 0 aliphatic carbocycles. The minimum atomic E-state index is -1.12. The number of amides is 1. The van der Waals surface area contributed by atoms with Crippen LogP contribution in [0.2, 0.25) is 0 Å². The average Bonchev–Trinajstić information content (AvgIpc) is 1.93. The number of nitrogens with zero attached hydrogens (tertiary/aromatic N) is 2. The van der Waals surface area contributed by atoms with E-state index in [1.807, 2.05) is 41.5 Å². The molecule has 0 heterocycles. The second-order valence-corrected chi connectivity index (χ2v) is 8.11. The van der Waals surface area contributed by atoms with Gasteiger partial charge in [0.1, 0.15) is 6.42 Å². The van der Waals surface area contributed by atoms with E-state index in [0.29, 0.717) is 0 Å². The van der Waals surface area contributed by atoms with E-state index in [1.165, 1.54) is 4.31 Å². The van der Waals surface area contributed by atoms with Crippen molar-refractivity contribution in [3.05, 3.63) is 0 Å². The van der Waals surface area contributed by atoms with Crippen molar-refractivity contribution in [2.45, 2.75) is 59.0 Å². The third kappa shape index (κ3) is 6.71. The van der Waals surface area contributed by atoms with Crippen LogP contribution in [-0.4, -0.2) is 26.5 Å². The second kappa shape index (κ2) is 6.35. The minimum absolute atomic E-state index is 0.361. The van der Waals surface area contributed by atoms with Gasteiger partial charge in [0.05, 0.1) is 15.6 Å². The normalized spacial score (nSPS) is 14.4. The minimum Gasteiger partial charge on any atom is -0.281 e. The zero-order valence-corrected chi connectivity index (χ0v) is 13.9. The van der Waals surface area contributed by atoms with Crippen LogP contribution in [0.4, 0.5) is 0 Å². The van der Waals surface area contributed by atoms with E-state index in [2.05, 4.69) is 4.36 Å². The molecule has 0 N–H and O–H groups in total. The van der Waals surface area contributed by atoms with Crippen LogP contribution < -0.4 is 0 Å². The molecule has 4 nitrogen and oxygen atoms in total. The summed E-state index contributed by atoms with van der Waals surface area (Å²) in [4.78, 5) is 22.9. The average molecular weight is 315 g/mol. The summed E-state index contributed by atoms with van der Waals surface area (Å²) >= 11 is 5.25. The summed E-state index contributed by atoms with van der Waals surface area (Å²) in [6.07, 6.45) is -0.366. The van der Waals surface area contributed by atoms with Gasteiger partial charge in [-0.15, -0.1) is 0 Å². The van der Waals surface area contributed by atoms with Gasteiger partial charge in [0, 0.05) is 5.54 Å². The highest BCUT2D eigenvalue weighted by molar-refractivity contribution is 8.08. The highest BCUT2D eigenvalue weighted by atomic mass is 35.7. The first-order valence-electron chi connectivity index (χ1n) is 5.49. The van der Waals surface area contributed by atoms with Gasteiger partial charge >= 0.3 is 0 Å². The summed E-state index contributed by atoms with van der Waals surface area (Å²) < 4.78 is 5.75. The first-order chi connectivity index (χ1) is 7.84. The summed E-state index contributed by atoms with van der Waals surface area (Å²) in [5, 5.41) is -0.696. The lowest BCUT2D eigenvalue weighted by atomic mass is 10.1. The first kappa shape index (κ1) is 17.9. The third-order valence-electron chi connectivity index (χ3n) is 1.63. The molecule has 1 unspecified atom stereocenters. The topological polar surface area (TPSA) is 49.7 Å². The largest absolute Gasteiger partial charge is 0.281 e. The molecule has 0 spiro atoms. The molecule has 0 aromatic carbocycles. The lowest BCUT2D eigenvalue weighted by Crippen LogP contribution is -2.45. The van der Waals surface area contributed by atoms with E-state index in [1.54, 1.807) is 0 Å². The van der Waals surface area contributed by atoms with Crippen molar-refractivity contribution >= 4 is 43.5 Å². The van der Waals surface area contributed by atoms with E-state index < -0.39 is 26.8 Å². The van der Waals surface area contributed by atoms with Gasteiger partial charge in [0.2, 0.25) is 11.1 Å². The Labute approximate surface area is 121 Å². The third-order valence-corrected chi connectivity index (χ3v) is 4.13. The van der Waals surface area contributed by atoms with E-state index >= 15 is 0 Å². The fourth-order valence-electron chi connectivity index (χ4n) is 1.14. The Bertz CT molecular complexity index is 370. The predicted octanol–water partition coefficient (Wildman–Crippen LogP) is 3.44. The molecule has 0 radical (unpaired) electrons. The van der Waals surface area contributed by atoms with Crippen LogP contribution in [0.15, 0.2) is 4.36 Å². The number of rotatable bonds is 3. The van der Waals surface area contributed by atoms with Gasteiger partial charge in [-0.05, 0) is 63.8 Å². The molecule has 0 aliphatic heterocycles. The van der Waals surface area contributed by atoms with Crippen molar-refractivity contribution in [3.63, 3.8) is 0 Å². The van der Waals surface area contributed by atoms with Gasteiger partial charge < -0.3 is 0 Å². The number of hydrogen-bond acceptors (Lipinski definition) is 3. The Hall–Kier alpha value is -0.130. The van der Waals surface area contributed by atoms with Crippen molar-refractivity contribution < 1.29 is 9.59 Å². The molecule has 0 aromatic rings. The molecule has 1 atom stereocenters. The van der Waals surface area contributed by atoms with Crippen LogP contribution in [0.25, 0.3) is 0 Å². The monoisotopic (exact) mass is 314 g/mol. The molecule has 1 amide bonds. The van der Waals surface area contributed by atoms with Crippen molar-refractivity contribution in [2.75, 3.05) is 0 Å². The highest BCUT2D eigenvalue weighted by Gasteiger charge is 2.31. The van der Waals surface area contributed by atoms with E-state index in [0.717, 1.165) is 0 Å². The zero-order valence-electron chi connectivity index (χ0n) is 11.6. The molecule has 0 saturated carbocycles. The molecule has 0 bridgehead atoms. The van der Waals surface area contributed by atoms with Gasteiger partial charge in [-0.3, -0.25) is 13.9 Å². The van der Waals surface area contributed by atoms with Crippen molar-refractivity contribution in [1.82, 2.24) is 4.31 Å². The van der Waals surface area contributed by atoms with Crippen LogP contribution in [0.3, 0.4) is 0 Å². The SMILES string of the molecule is CC(C)(C)N=S(Cl)N(C(=O)CC(=O)Cl)C(C)(C)C. The first-order valence-corrected chi connectivity index (χ1v) is 7.84. The lowest BCUT2D eigenvalue weighted by Gasteiger charge is -2.34. The van der Waals surface area contributed by atoms with Crippen molar-refractivity contribution in [2.24, 2.45) is 4.36 Å². The summed E-state index contributed by atoms with van der Waals surface area (Å²) in [7, 11) is 5.08. The van der Waals surface area contributed by atoms with Gasteiger partial charge in [0.25, 0.3) is 0 Å². The van der Waals surface area contributed by atoms with Crippen LogP contribution in [-0.2, 0) is 19.7 Å². The Morgan fingerprint density at radius 2 is 1.61 bits per heavy atom. The van der Waals surface area contributed by atoms with E-state index in [4.69, 9.17) is 22.3 Å². The van der Waals surface area contributed by atoms with Crippen molar-refractivity contribution in [3.8, 4) is 0 Å². The van der Waals surface area contributed by atoms with Gasteiger partial charge in [-0.2, -0.15) is 0 Å². The van der Waals surface area contributed by atoms with E-state index in [-0.39, 0.29) is 12.0 Å². The summed E-state index contributed by atoms with van der Waals surface area (Å²) in [5.41, 5.74) is -0.886. The van der Waals surface area contributed by atoms with Crippen LogP contribution in [0.5, 0.6) is 0 Å². The second-order valence-electron chi connectivity index (χ2n) is 5.87. The Kier molecular flexibility index (Phi) is 6.30. The Balaban J connectivity index is 5.33. The molecule has 0 saturated heterocycles. The summed E-state index contributed by atoms with van der Waals surface area (Å²) in [6, 6.07) is 0. The van der Waals surface area contributed by atoms with Crippen LogP contribution >= 0.6 is 22.3 Å². The summed E-state index contributed by atoms with van der Waals surface area (Å²) in [5.74, 6) is -0.408. The van der Waals surface area contributed by atoms with Crippen molar-refractivity contribution in [1.29, 1.82) is 0 Å². The Morgan fingerprint density at radius 3 is 1.89 bits per heavy atom. The maximum absolute atomic E-state index is 12.0. The van der Waals surface area contributed by atoms with E-state index in [9.17, 15) is 9.59 Å². The number of carbonyl (C=O) groups excluding carboxylic acids is 2. The molecule has 106 valence electrons. The smallest absolute Gasteiger partial charge is 0.243 e. The fourth-order valence-corrected chi connectivity index (χ4v) is 3.95. The molecule has 0 aromatic heterocycles. The Morgan fingerprint density at radius 1 is 1.17 bits per heavy atom. The predicted molar refractivity (Wildman–Crippen MR) is 77.5 cm³/mol. The fraction of sp³-hybridized carbons (Fsp3) is 0.818. The molecular weight excluding hydrogens is 295 g/mol. The number of hydrogen-bond donors (Lipinski definition) is 0. The lowest BCUT2D eigenvalue weighted by molar-refractivity contribution is -0.131. The molecular formula is C11H20Cl2N2O2S. The quantitative estimate of drug-likeness (QED) is 0.592. The van der Waals surface area contributed by atoms with Crippen LogP contribution in [0, 0.1) is 0 Å². The molecule has 0 aliphatic rings. The maximum atomic E-state index is 12.0. The zero-order chi connectivity index (χ0) is 14.7. The van der Waals surface area contributed by atoms with Crippen LogP contribution in [0.1, 0.15) is 48.0 Å². The van der Waals surface area contributed by atoms with Gasteiger partial charge in [0.15, 0.2) is 0 Å². The molecule has 0 rings (SSSR count). The van der Waals surface area contributed by atoms with Gasteiger partial charge in [-0.25, -0.2) is 4.36 Å². The summed E-state index contributed by atoms with van der Waals surface area (Å²) in [6.45, 7) is 11.2. The number of carbonyl (C=O) groups is 2. The molecule has 7 heteroatoms. The maximum Gasteiger partial charge on any atom is 0.243 e. The standard InChI is InChI=1S/C11H20Cl2N2O2S/c1-10(2,3)14-18(13)15(11(4,5)6)9(17)7-8(12)16/h7H2,1-6H3. The van der Waals surface area contributed by atoms with Gasteiger partial charge in [-0.1, -0.05) is 0 Å². The molecule has 0 fully saturated rings.